The number of carbonyl (C=O) groups is 1. The van der Waals surface area contributed by atoms with Crippen LogP contribution in [0.3, 0.4) is 0 Å². The maximum absolute atomic E-state index is 11.5. The van der Waals surface area contributed by atoms with E-state index >= 15 is 0 Å². The Bertz CT molecular complexity index is 274. The van der Waals surface area contributed by atoms with Gasteiger partial charge in [0.05, 0.1) is 0 Å². The zero-order chi connectivity index (χ0) is 9.68. The Balaban J connectivity index is 0.00000169. The number of amides is 1. The summed E-state index contributed by atoms with van der Waals surface area (Å²) in [5, 5.41) is 2.91. The van der Waals surface area contributed by atoms with E-state index in [1.54, 1.807) is 0 Å². The fraction of sp³-hybridized carbons (Fsp3) is 0.364. The van der Waals surface area contributed by atoms with Gasteiger partial charge < -0.3 is 5.32 Å². The summed E-state index contributed by atoms with van der Waals surface area (Å²) in [6, 6.07) is 9.51. The summed E-state index contributed by atoms with van der Waals surface area (Å²) in [5.74, 6) is 0.00921. The van der Waals surface area contributed by atoms with Crippen molar-refractivity contribution in [2.24, 2.45) is 0 Å². The third-order valence-corrected chi connectivity index (χ3v) is 2.03. The van der Waals surface area contributed by atoms with Crippen LogP contribution in [0.4, 0.5) is 0 Å². The van der Waals surface area contributed by atoms with E-state index in [9.17, 15) is 4.79 Å². The van der Waals surface area contributed by atoms with Crippen LogP contribution >= 0.6 is 0 Å². The predicted molar refractivity (Wildman–Crippen MR) is 55.8 cm³/mol. The van der Waals surface area contributed by atoms with Crippen molar-refractivity contribution < 1.29 is 6.22 Å². The average molecular weight is 179 g/mol. The Morgan fingerprint density at radius 2 is 2.08 bits per heavy atom. The highest BCUT2D eigenvalue weighted by Crippen LogP contribution is 1.99. The Kier molecular flexibility index (Phi) is 3.50. The summed E-state index contributed by atoms with van der Waals surface area (Å²) in [7, 11) is 0. The number of nitrogens with one attached hydrogen (secondary N) is 1. The second-order valence-corrected chi connectivity index (χ2v) is 3.15. The molecular formula is C11H17NO. The molecule has 1 aromatic rings. The van der Waals surface area contributed by atoms with Crippen LogP contribution in [0.25, 0.3) is 0 Å². The first-order valence-corrected chi connectivity index (χ1v) is 4.60. The van der Waals surface area contributed by atoms with Crippen LogP contribution in [-0.4, -0.2) is 11.9 Å². The van der Waals surface area contributed by atoms with Gasteiger partial charge in [-0.1, -0.05) is 25.1 Å². The average Bonchev–Trinajstić information content (AvgIpc) is 2.19. The molecule has 0 heterocycles. The van der Waals surface area contributed by atoms with Crippen LogP contribution in [0.5, 0.6) is 0 Å². The zero-order valence-electron chi connectivity index (χ0n) is 8.08. The molecule has 2 heteroatoms. The van der Waals surface area contributed by atoms with Gasteiger partial charge in [-0.05, 0) is 25.5 Å². The minimum absolute atomic E-state index is 0. The molecule has 72 valence electrons. The second-order valence-electron chi connectivity index (χ2n) is 3.15. The molecule has 0 saturated heterocycles. The molecule has 0 aliphatic rings. The largest absolute Gasteiger partial charge is 0.350 e. The second kappa shape index (κ2) is 4.65. The first-order chi connectivity index (χ1) is 6.24. The zero-order valence-corrected chi connectivity index (χ0v) is 8.08. The number of hydrogen-bond acceptors (Lipinski definition) is 1. The van der Waals surface area contributed by atoms with E-state index in [1.807, 2.05) is 37.3 Å². The number of rotatable bonds is 3. The molecule has 13 heavy (non-hydrogen) atoms. The Hall–Kier alpha value is -1.31. The smallest absolute Gasteiger partial charge is 0.251 e. The topological polar surface area (TPSA) is 29.1 Å². The summed E-state index contributed by atoms with van der Waals surface area (Å²) in [6.45, 7) is 4.05. The van der Waals surface area contributed by atoms with Crippen LogP contribution in [0.15, 0.2) is 30.3 Å². The fourth-order valence-corrected chi connectivity index (χ4v) is 0.999. The number of carbonyl (C=O) groups excluding carboxylic acids is 1. The lowest BCUT2D eigenvalue weighted by Gasteiger charge is -2.10. The first-order valence-electron chi connectivity index (χ1n) is 4.60. The van der Waals surface area contributed by atoms with Crippen molar-refractivity contribution in [2.45, 2.75) is 26.3 Å². The van der Waals surface area contributed by atoms with Gasteiger partial charge in [-0.15, -0.1) is 0 Å². The van der Waals surface area contributed by atoms with Crippen molar-refractivity contribution in [3.8, 4) is 0 Å². The molecule has 0 unspecified atom stereocenters. The van der Waals surface area contributed by atoms with E-state index in [-0.39, 0.29) is 13.4 Å². The standard InChI is InChI=1S/C11H15NO.H2/c1-3-9(2)12-11(13)10-7-5-4-6-8-10;/h4-9H,3H2,1-2H3,(H,12,13);1H/t9-;/m0./s1. The lowest BCUT2D eigenvalue weighted by molar-refractivity contribution is 0.0939. The van der Waals surface area contributed by atoms with Crippen LogP contribution in [0, 0.1) is 0 Å². The van der Waals surface area contributed by atoms with Gasteiger partial charge in [-0.25, -0.2) is 0 Å². The Labute approximate surface area is 80.5 Å². The highest BCUT2D eigenvalue weighted by molar-refractivity contribution is 5.94. The molecule has 1 rings (SSSR count). The molecule has 0 fully saturated rings. The Morgan fingerprint density at radius 1 is 1.46 bits per heavy atom. The third-order valence-electron chi connectivity index (χ3n) is 2.03. The SMILES string of the molecule is CC[C@H](C)NC(=O)c1ccccc1.[HH]. The molecule has 1 N–H and O–H groups in total. The van der Waals surface area contributed by atoms with Gasteiger partial charge in [0.2, 0.25) is 0 Å². The highest BCUT2D eigenvalue weighted by atomic mass is 16.1. The molecule has 1 aromatic carbocycles. The molecule has 0 aromatic heterocycles. The quantitative estimate of drug-likeness (QED) is 0.758. The molecule has 0 radical (unpaired) electrons. The molecule has 1 atom stereocenters. The summed E-state index contributed by atoms with van der Waals surface area (Å²) in [6.07, 6.45) is 0.957. The molecular weight excluding hydrogens is 162 g/mol. The van der Waals surface area contributed by atoms with E-state index in [1.165, 1.54) is 0 Å². The predicted octanol–water partition coefficient (Wildman–Crippen LogP) is 2.46. The number of hydrogen-bond donors (Lipinski definition) is 1. The summed E-state index contributed by atoms with van der Waals surface area (Å²) in [5.41, 5.74) is 0.725. The van der Waals surface area contributed by atoms with Crippen molar-refractivity contribution in [1.82, 2.24) is 5.32 Å². The molecule has 0 aliphatic carbocycles. The summed E-state index contributed by atoms with van der Waals surface area (Å²) >= 11 is 0. The summed E-state index contributed by atoms with van der Waals surface area (Å²) < 4.78 is 0. The van der Waals surface area contributed by atoms with Gasteiger partial charge >= 0.3 is 0 Å². The molecule has 0 spiro atoms. The van der Waals surface area contributed by atoms with Crippen molar-refractivity contribution in [2.75, 3.05) is 0 Å². The van der Waals surface area contributed by atoms with Crippen molar-refractivity contribution >= 4 is 5.91 Å². The minimum Gasteiger partial charge on any atom is -0.350 e. The molecule has 0 bridgehead atoms. The van der Waals surface area contributed by atoms with E-state index in [2.05, 4.69) is 12.2 Å². The van der Waals surface area contributed by atoms with Crippen LogP contribution < -0.4 is 5.32 Å². The van der Waals surface area contributed by atoms with Crippen molar-refractivity contribution in [1.29, 1.82) is 0 Å². The van der Waals surface area contributed by atoms with Gasteiger partial charge in [0.25, 0.3) is 5.91 Å². The molecule has 2 nitrogen and oxygen atoms in total. The highest BCUT2D eigenvalue weighted by Gasteiger charge is 2.06. The van der Waals surface area contributed by atoms with Gasteiger partial charge in [0.1, 0.15) is 0 Å². The molecule has 0 aliphatic heterocycles. The fourth-order valence-electron chi connectivity index (χ4n) is 0.999. The van der Waals surface area contributed by atoms with Crippen LogP contribution in [0.1, 0.15) is 32.1 Å². The number of benzene rings is 1. The molecule has 1 amide bonds. The third kappa shape index (κ3) is 2.90. The minimum atomic E-state index is 0. The van der Waals surface area contributed by atoms with Gasteiger partial charge in [0, 0.05) is 13.0 Å². The Morgan fingerprint density at radius 3 is 2.62 bits per heavy atom. The first kappa shape index (κ1) is 9.78. The lowest BCUT2D eigenvalue weighted by atomic mass is 10.2. The van der Waals surface area contributed by atoms with E-state index in [0.717, 1.165) is 12.0 Å². The van der Waals surface area contributed by atoms with Crippen LogP contribution in [0.2, 0.25) is 0 Å². The lowest BCUT2D eigenvalue weighted by Crippen LogP contribution is -2.31. The van der Waals surface area contributed by atoms with Gasteiger partial charge in [-0.3, -0.25) is 4.79 Å². The van der Waals surface area contributed by atoms with E-state index in [4.69, 9.17) is 0 Å². The summed E-state index contributed by atoms with van der Waals surface area (Å²) in [4.78, 5) is 11.5. The molecule has 0 saturated carbocycles. The monoisotopic (exact) mass is 179 g/mol. The van der Waals surface area contributed by atoms with Gasteiger partial charge in [-0.2, -0.15) is 0 Å². The normalized spacial score (nSPS) is 12.2. The van der Waals surface area contributed by atoms with E-state index in [0.29, 0.717) is 0 Å². The van der Waals surface area contributed by atoms with E-state index < -0.39 is 0 Å². The van der Waals surface area contributed by atoms with Crippen molar-refractivity contribution in [3.05, 3.63) is 35.9 Å². The van der Waals surface area contributed by atoms with Gasteiger partial charge in [0.15, 0.2) is 0 Å². The maximum atomic E-state index is 11.5. The van der Waals surface area contributed by atoms with Crippen molar-refractivity contribution in [3.63, 3.8) is 0 Å². The maximum Gasteiger partial charge on any atom is 0.251 e. The van der Waals surface area contributed by atoms with Crippen LogP contribution in [-0.2, 0) is 0 Å².